The first-order valence-electron chi connectivity index (χ1n) is 6.95. The van der Waals surface area contributed by atoms with Gasteiger partial charge < -0.3 is 5.32 Å². The molecule has 18 heavy (non-hydrogen) atoms. The quantitative estimate of drug-likeness (QED) is 0.889. The van der Waals surface area contributed by atoms with Crippen molar-refractivity contribution in [2.24, 2.45) is 5.92 Å². The molecule has 2 heterocycles. The highest BCUT2D eigenvalue weighted by atomic mass is 32.1. The summed E-state index contributed by atoms with van der Waals surface area (Å²) in [6.45, 7) is 12.4. The fourth-order valence-corrected chi connectivity index (χ4v) is 3.39. The van der Waals surface area contributed by atoms with Crippen LogP contribution in [0.15, 0.2) is 5.38 Å². The minimum absolute atomic E-state index is 0.479. The number of rotatable bonds is 5. The van der Waals surface area contributed by atoms with E-state index in [1.807, 2.05) is 0 Å². The van der Waals surface area contributed by atoms with Gasteiger partial charge in [0.2, 0.25) is 0 Å². The molecule has 1 aliphatic rings. The Morgan fingerprint density at radius 2 is 2.28 bits per heavy atom. The van der Waals surface area contributed by atoms with Crippen molar-refractivity contribution in [3.05, 3.63) is 16.1 Å². The van der Waals surface area contributed by atoms with Crippen molar-refractivity contribution in [1.29, 1.82) is 0 Å². The molecule has 0 spiro atoms. The molecule has 3 nitrogen and oxygen atoms in total. The molecule has 2 unspecified atom stereocenters. The van der Waals surface area contributed by atoms with Crippen molar-refractivity contribution < 1.29 is 0 Å². The molecule has 0 aromatic carbocycles. The number of hydrogen-bond acceptors (Lipinski definition) is 4. The zero-order valence-corrected chi connectivity index (χ0v) is 12.8. The molecule has 2 rings (SSSR count). The number of aryl methyl sites for hydroxylation is 1. The van der Waals surface area contributed by atoms with E-state index in [4.69, 9.17) is 0 Å². The SMILES string of the molecule is Cc1csc(C(C)N2CCC(CNC(C)C)C2)n1. The maximum atomic E-state index is 4.62. The molecule has 1 aromatic heterocycles. The summed E-state index contributed by atoms with van der Waals surface area (Å²) in [6.07, 6.45) is 1.31. The fraction of sp³-hybridized carbons (Fsp3) is 0.786. The van der Waals surface area contributed by atoms with E-state index in [1.54, 1.807) is 11.3 Å². The summed E-state index contributed by atoms with van der Waals surface area (Å²) in [5, 5.41) is 6.97. The van der Waals surface area contributed by atoms with Gasteiger partial charge in [0.05, 0.1) is 6.04 Å². The van der Waals surface area contributed by atoms with Gasteiger partial charge in [0.1, 0.15) is 5.01 Å². The molecule has 0 amide bonds. The van der Waals surface area contributed by atoms with Crippen LogP contribution in [0.3, 0.4) is 0 Å². The van der Waals surface area contributed by atoms with E-state index in [9.17, 15) is 0 Å². The molecule has 0 saturated carbocycles. The van der Waals surface area contributed by atoms with E-state index in [0.717, 1.165) is 18.2 Å². The lowest BCUT2D eigenvalue weighted by Crippen LogP contribution is -2.31. The molecular weight excluding hydrogens is 242 g/mol. The average Bonchev–Trinajstić information content (AvgIpc) is 2.94. The molecule has 1 saturated heterocycles. The molecule has 102 valence electrons. The smallest absolute Gasteiger partial charge is 0.110 e. The molecular formula is C14H25N3S. The van der Waals surface area contributed by atoms with Crippen LogP contribution in [0.5, 0.6) is 0 Å². The van der Waals surface area contributed by atoms with Gasteiger partial charge in [0, 0.05) is 23.7 Å². The molecule has 1 aromatic rings. The van der Waals surface area contributed by atoms with Gasteiger partial charge >= 0.3 is 0 Å². The molecule has 4 heteroatoms. The van der Waals surface area contributed by atoms with Crippen LogP contribution in [-0.4, -0.2) is 35.6 Å². The Labute approximate surface area is 115 Å². The van der Waals surface area contributed by atoms with E-state index in [2.05, 4.69) is 48.3 Å². The Bertz CT molecular complexity index is 375. The predicted octanol–water partition coefficient (Wildman–Crippen LogP) is 2.83. The third kappa shape index (κ3) is 3.53. The molecule has 1 fully saturated rings. The molecule has 0 radical (unpaired) electrons. The maximum absolute atomic E-state index is 4.62. The molecule has 2 atom stereocenters. The summed E-state index contributed by atoms with van der Waals surface area (Å²) < 4.78 is 0. The van der Waals surface area contributed by atoms with Gasteiger partial charge in [0.15, 0.2) is 0 Å². The topological polar surface area (TPSA) is 28.2 Å². The van der Waals surface area contributed by atoms with Gasteiger partial charge in [-0.25, -0.2) is 4.98 Å². The third-order valence-electron chi connectivity index (χ3n) is 3.67. The Morgan fingerprint density at radius 3 is 2.89 bits per heavy atom. The normalized spacial score (nSPS) is 22.8. The number of hydrogen-bond donors (Lipinski definition) is 1. The Hall–Kier alpha value is -0.450. The summed E-state index contributed by atoms with van der Waals surface area (Å²) in [5.41, 5.74) is 1.15. The first kappa shape index (κ1) is 14.0. The lowest BCUT2D eigenvalue weighted by Gasteiger charge is -2.22. The minimum Gasteiger partial charge on any atom is -0.314 e. The van der Waals surface area contributed by atoms with Crippen LogP contribution in [0, 0.1) is 12.8 Å². The van der Waals surface area contributed by atoms with Gasteiger partial charge in [-0.1, -0.05) is 13.8 Å². The Kier molecular flexibility index (Phi) is 4.76. The highest BCUT2D eigenvalue weighted by Crippen LogP contribution is 2.28. The van der Waals surface area contributed by atoms with Crippen molar-refractivity contribution in [3.8, 4) is 0 Å². The van der Waals surface area contributed by atoms with Gasteiger partial charge in [-0.2, -0.15) is 0 Å². The number of thiazole rings is 1. The van der Waals surface area contributed by atoms with Crippen LogP contribution in [0.1, 0.15) is 43.9 Å². The molecule has 0 bridgehead atoms. The lowest BCUT2D eigenvalue weighted by molar-refractivity contribution is 0.250. The fourth-order valence-electron chi connectivity index (χ4n) is 2.50. The van der Waals surface area contributed by atoms with E-state index < -0.39 is 0 Å². The molecule has 1 aliphatic heterocycles. The standard InChI is InChI=1S/C14H25N3S/c1-10(2)15-7-13-5-6-17(8-13)12(4)14-16-11(3)9-18-14/h9-10,12-13,15H,5-8H2,1-4H3. The first-order valence-corrected chi connectivity index (χ1v) is 7.83. The largest absolute Gasteiger partial charge is 0.314 e. The zero-order valence-electron chi connectivity index (χ0n) is 11.9. The van der Waals surface area contributed by atoms with Gasteiger partial charge in [-0.05, 0) is 39.3 Å². The highest BCUT2D eigenvalue weighted by molar-refractivity contribution is 7.09. The Morgan fingerprint density at radius 1 is 1.50 bits per heavy atom. The highest BCUT2D eigenvalue weighted by Gasteiger charge is 2.27. The van der Waals surface area contributed by atoms with Crippen LogP contribution in [0.4, 0.5) is 0 Å². The summed E-state index contributed by atoms with van der Waals surface area (Å²) in [6, 6.07) is 1.07. The van der Waals surface area contributed by atoms with Crippen molar-refractivity contribution >= 4 is 11.3 Å². The van der Waals surface area contributed by atoms with Crippen LogP contribution in [0.25, 0.3) is 0 Å². The predicted molar refractivity (Wildman–Crippen MR) is 78.1 cm³/mol. The van der Waals surface area contributed by atoms with Crippen molar-refractivity contribution in [2.75, 3.05) is 19.6 Å². The second-order valence-corrected chi connectivity index (χ2v) is 6.61. The lowest BCUT2D eigenvalue weighted by atomic mass is 10.1. The number of aromatic nitrogens is 1. The molecule has 1 N–H and O–H groups in total. The van der Waals surface area contributed by atoms with E-state index in [-0.39, 0.29) is 0 Å². The Balaban J connectivity index is 1.84. The average molecular weight is 267 g/mol. The minimum atomic E-state index is 0.479. The second-order valence-electron chi connectivity index (χ2n) is 5.72. The van der Waals surface area contributed by atoms with E-state index in [0.29, 0.717) is 12.1 Å². The zero-order chi connectivity index (χ0) is 13.1. The van der Waals surface area contributed by atoms with Crippen LogP contribution in [-0.2, 0) is 0 Å². The molecule has 0 aliphatic carbocycles. The summed E-state index contributed by atoms with van der Waals surface area (Å²) in [7, 11) is 0. The second kappa shape index (κ2) is 6.13. The summed E-state index contributed by atoms with van der Waals surface area (Å²) in [4.78, 5) is 7.19. The summed E-state index contributed by atoms with van der Waals surface area (Å²) >= 11 is 1.80. The number of likely N-dealkylation sites (tertiary alicyclic amines) is 1. The van der Waals surface area contributed by atoms with Crippen LogP contribution < -0.4 is 5.32 Å². The van der Waals surface area contributed by atoms with Crippen molar-refractivity contribution in [1.82, 2.24) is 15.2 Å². The van der Waals surface area contributed by atoms with E-state index in [1.165, 1.54) is 24.5 Å². The van der Waals surface area contributed by atoms with Gasteiger partial charge in [0.25, 0.3) is 0 Å². The first-order chi connectivity index (χ1) is 8.56. The number of nitrogens with one attached hydrogen (secondary N) is 1. The van der Waals surface area contributed by atoms with Crippen LogP contribution in [0.2, 0.25) is 0 Å². The van der Waals surface area contributed by atoms with Crippen molar-refractivity contribution in [3.63, 3.8) is 0 Å². The summed E-state index contributed by atoms with van der Waals surface area (Å²) in [5.74, 6) is 0.802. The van der Waals surface area contributed by atoms with Crippen molar-refractivity contribution in [2.45, 2.75) is 46.2 Å². The number of nitrogens with zero attached hydrogens (tertiary/aromatic N) is 2. The monoisotopic (exact) mass is 267 g/mol. The van der Waals surface area contributed by atoms with E-state index >= 15 is 0 Å². The third-order valence-corrected chi connectivity index (χ3v) is 4.81. The van der Waals surface area contributed by atoms with Crippen LogP contribution >= 0.6 is 11.3 Å². The maximum Gasteiger partial charge on any atom is 0.110 e. The van der Waals surface area contributed by atoms with Gasteiger partial charge in [-0.15, -0.1) is 11.3 Å². The van der Waals surface area contributed by atoms with Gasteiger partial charge in [-0.3, -0.25) is 4.90 Å².